The molecular formula is C23H20N4O2S. The highest BCUT2D eigenvalue weighted by Crippen LogP contribution is 2.28. The summed E-state index contributed by atoms with van der Waals surface area (Å²) >= 11 is 1.57. The van der Waals surface area contributed by atoms with E-state index in [1.807, 2.05) is 54.6 Å². The molecule has 4 aromatic rings. The molecule has 0 spiro atoms. The summed E-state index contributed by atoms with van der Waals surface area (Å²) in [7, 11) is 0. The number of benzene rings is 3. The molecule has 30 heavy (non-hydrogen) atoms. The van der Waals surface area contributed by atoms with Crippen molar-refractivity contribution in [1.29, 1.82) is 0 Å². The molecular weight excluding hydrogens is 396 g/mol. The molecule has 1 heterocycles. The summed E-state index contributed by atoms with van der Waals surface area (Å²) in [6.45, 7) is 0.647. The van der Waals surface area contributed by atoms with Crippen LogP contribution in [0.3, 0.4) is 0 Å². The fourth-order valence-corrected chi connectivity index (χ4v) is 3.93. The normalized spacial score (nSPS) is 10.8. The van der Waals surface area contributed by atoms with Gasteiger partial charge in [0.05, 0.1) is 12.1 Å². The molecule has 0 radical (unpaired) electrons. The van der Waals surface area contributed by atoms with Gasteiger partial charge in [0.15, 0.2) is 11.0 Å². The SMILES string of the molecule is Nc1ccc(-c2nnc(SCc3ccc(C(=O)O)cc3)n2Cc2ccccc2)cc1. The highest BCUT2D eigenvalue weighted by atomic mass is 32.2. The van der Waals surface area contributed by atoms with Crippen LogP contribution in [0.2, 0.25) is 0 Å². The molecule has 1 aromatic heterocycles. The molecule has 0 saturated heterocycles. The largest absolute Gasteiger partial charge is 0.478 e. The first-order valence-corrected chi connectivity index (χ1v) is 10.4. The van der Waals surface area contributed by atoms with Crippen molar-refractivity contribution >= 4 is 23.4 Å². The molecule has 0 atom stereocenters. The first kappa shape index (κ1) is 19.7. The average Bonchev–Trinajstić information content (AvgIpc) is 3.16. The number of nitrogen functional groups attached to an aromatic ring is 1. The third-order valence-corrected chi connectivity index (χ3v) is 5.68. The van der Waals surface area contributed by atoms with E-state index >= 15 is 0 Å². The Labute approximate surface area is 178 Å². The number of rotatable bonds is 7. The van der Waals surface area contributed by atoms with Crippen molar-refractivity contribution in [2.45, 2.75) is 17.5 Å². The summed E-state index contributed by atoms with van der Waals surface area (Å²) in [5.41, 5.74) is 9.93. The topological polar surface area (TPSA) is 94.0 Å². The van der Waals surface area contributed by atoms with Crippen LogP contribution in [0.15, 0.2) is 84.0 Å². The number of carbonyl (C=O) groups is 1. The van der Waals surface area contributed by atoms with E-state index in [-0.39, 0.29) is 5.56 Å². The molecule has 0 saturated carbocycles. The van der Waals surface area contributed by atoms with E-state index in [1.165, 1.54) is 0 Å². The predicted molar refractivity (Wildman–Crippen MR) is 118 cm³/mol. The van der Waals surface area contributed by atoms with Gasteiger partial charge in [-0.1, -0.05) is 54.2 Å². The van der Waals surface area contributed by atoms with Crippen molar-refractivity contribution in [3.8, 4) is 11.4 Å². The minimum absolute atomic E-state index is 0.279. The van der Waals surface area contributed by atoms with Crippen LogP contribution in [0.1, 0.15) is 21.5 Å². The summed E-state index contributed by atoms with van der Waals surface area (Å²) in [6, 6.07) is 24.7. The van der Waals surface area contributed by atoms with E-state index in [4.69, 9.17) is 10.8 Å². The third kappa shape index (κ3) is 4.52. The first-order valence-electron chi connectivity index (χ1n) is 9.38. The van der Waals surface area contributed by atoms with Crippen LogP contribution in [0.4, 0.5) is 5.69 Å². The van der Waals surface area contributed by atoms with Crippen LogP contribution in [-0.4, -0.2) is 25.8 Å². The summed E-state index contributed by atoms with van der Waals surface area (Å²) in [5, 5.41) is 18.7. The lowest BCUT2D eigenvalue weighted by Gasteiger charge is -2.11. The van der Waals surface area contributed by atoms with E-state index < -0.39 is 5.97 Å². The van der Waals surface area contributed by atoms with Crippen LogP contribution in [0.25, 0.3) is 11.4 Å². The maximum absolute atomic E-state index is 11.0. The number of aromatic carboxylic acids is 1. The zero-order chi connectivity index (χ0) is 20.9. The van der Waals surface area contributed by atoms with Gasteiger partial charge in [0, 0.05) is 17.0 Å². The van der Waals surface area contributed by atoms with Crippen LogP contribution >= 0.6 is 11.8 Å². The lowest BCUT2D eigenvalue weighted by Crippen LogP contribution is -2.04. The van der Waals surface area contributed by atoms with Gasteiger partial charge in [-0.25, -0.2) is 4.79 Å². The minimum Gasteiger partial charge on any atom is -0.478 e. The molecule has 0 unspecified atom stereocenters. The molecule has 0 amide bonds. The van der Waals surface area contributed by atoms with E-state index in [9.17, 15) is 4.79 Å². The standard InChI is InChI=1S/C23H20N4O2S/c24-20-12-10-18(11-13-20)21-25-26-23(27(21)14-16-4-2-1-3-5-16)30-15-17-6-8-19(9-7-17)22(28)29/h1-13H,14-15,24H2,(H,28,29). The Bertz CT molecular complexity index is 1140. The second-order valence-electron chi connectivity index (χ2n) is 6.79. The summed E-state index contributed by atoms with van der Waals surface area (Å²) in [4.78, 5) is 11.0. The van der Waals surface area contributed by atoms with Crippen LogP contribution in [0, 0.1) is 0 Å². The molecule has 6 nitrogen and oxygen atoms in total. The zero-order valence-corrected chi connectivity index (χ0v) is 16.9. The highest BCUT2D eigenvalue weighted by molar-refractivity contribution is 7.98. The lowest BCUT2D eigenvalue weighted by atomic mass is 10.1. The monoisotopic (exact) mass is 416 g/mol. The Morgan fingerprint density at radius 1 is 0.900 bits per heavy atom. The first-order chi connectivity index (χ1) is 14.6. The molecule has 0 aliphatic heterocycles. The van der Waals surface area contributed by atoms with Gasteiger partial charge < -0.3 is 10.8 Å². The molecule has 0 bridgehead atoms. The van der Waals surface area contributed by atoms with Crippen LogP contribution < -0.4 is 5.73 Å². The maximum Gasteiger partial charge on any atom is 0.335 e. The molecule has 3 aromatic carbocycles. The quantitative estimate of drug-likeness (QED) is 0.339. The Kier molecular flexibility index (Phi) is 5.81. The number of thioether (sulfide) groups is 1. The van der Waals surface area contributed by atoms with Gasteiger partial charge in [-0.15, -0.1) is 10.2 Å². The number of nitrogens with zero attached hydrogens (tertiary/aromatic N) is 3. The van der Waals surface area contributed by atoms with E-state index in [0.29, 0.717) is 18.0 Å². The van der Waals surface area contributed by atoms with Gasteiger partial charge in [-0.2, -0.15) is 0 Å². The van der Waals surface area contributed by atoms with Crippen molar-refractivity contribution in [2.75, 3.05) is 5.73 Å². The molecule has 0 aliphatic carbocycles. The van der Waals surface area contributed by atoms with Crippen LogP contribution in [-0.2, 0) is 12.3 Å². The Hall–Kier alpha value is -3.58. The van der Waals surface area contributed by atoms with Crippen molar-refractivity contribution in [3.05, 3.63) is 95.6 Å². The maximum atomic E-state index is 11.0. The highest BCUT2D eigenvalue weighted by Gasteiger charge is 2.15. The van der Waals surface area contributed by atoms with Gasteiger partial charge in [0.25, 0.3) is 0 Å². The molecule has 0 fully saturated rings. The number of anilines is 1. The van der Waals surface area contributed by atoms with Crippen molar-refractivity contribution in [2.24, 2.45) is 0 Å². The average molecular weight is 417 g/mol. The van der Waals surface area contributed by atoms with Crippen molar-refractivity contribution < 1.29 is 9.90 Å². The van der Waals surface area contributed by atoms with E-state index in [1.54, 1.807) is 23.9 Å². The number of nitrogens with two attached hydrogens (primary N) is 1. The van der Waals surface area contributed by atoms with Gasteiger partial charge in [-0.05, 0) is 47.5 Å². The number of hydrogen-bond donors (Lipinski definition) is 2. The van der Waals surface area contributed by atoms with Crippen molar-refractivity contribution in [1.82, 2.24) is 14.8 Å². The summed E-state index contributed by atoms with van der Waals surface area (Å²) in [5.74, 6) is 0.515. The summed E-state index contributed by atoms with van der Waals surface area (Å²) < 4.78 is 2.09. The van der Waals surface area contributed by atoms with Gasteiger partial charge in [-0.3, -0.25) is 4.57 Å². The van der Waals surface area contributed by atoms with E-state index in [2.05, 4.69) is 26.9 Å². The van der Waals surface area contributed by atoms with Gasteiger partial charge in [0.2, 0.25) is 0 Å². The molecule has 7 heteroatoms. The second-order valence-corrected chi connectivity index (χ2v) is 7.73. The Balaban J connectivity index is 1.61. The molecule has 0 aliphatic rings. The van der Waals surface area contributed by atoms with E-state index in [0.717, 1.165) is 27.7 Å². The number of carboxylic acid groups (broad SMARTS) is 1. The zero-order valence-electron chi connectivity index (χ0n) is 16.1. The third-order valence-electron chi connectivity index (χ3n) is 4.64. The second kappa shape index (κ2) is 8.84. The predicted octanol–water partition coefficient (Wildman–Crippen LogP) is 4.57. The molecule has 4 rings (SSSR count). The number of carboxylic acids is 1. The van der Waals surface area contributed by atoms with Gasteiger partial charge in [0.1, 0.15) is 0 Å². The van der Waals surface area contributed by atoms with Crippen LogP contribution in [0.5, 0.6) is 0 Å². The minimum atomic E-state index is -0.926. The number of aromatic nitrogens is 3. The van der Waals surface area contributed by atoms with Crippen molar-refractivity contribution in [3.63, 3.8) is 0 Å². The fourth-order valence-electron chi connectivity index (χ4n) is 3.04. The Morgan fingerprint density at radius 3 is 2.27 bits per heavy atom. The molecule has 3 N–H and O–H groups in total. The lowest BCUT2D eigenvalue weighted by molar-refractivity contribution is 0.0697. The smallest absolute Gasteiger partial charge is 0.335 e. The summed E-state index contributed by atoms with van der Waals surface area (Å²) in [6.07, 6.45) is 0. The Morgan fingerprint density at radius 2 is 1.60 bits per heavy atom. The fraction of sp³-hybridized carbons (Fsp3) is 0.0870. The van der Waals surface area contributed by atoms with Gasteiger partial charge >= 0.3 is 5.97 Å². The molecule has 150 valence electrons. The number of hydrogen-bond acceptors (Lipinski definition) is 5.